The summed E-state index contributed by atoms with van der Waals surface area (Å²) in [6.07, 6.45) is 9.54. The summed E-state index contributed by atoms with van der Waals surface area (Å²) in [6, 6.07) is 11.4. The molecular formula is C14H22Na. The van der Waals surface area contributed by atoms with Crippen molar-refractivity contribution in [2.24, 2.45) is 0 Å². The van der Waals surface area contributed by atoms with Gasteiger partial charge < -0.3 is 0 Å². The molecule has 0 spiro atoms. The molecule has 0 fully saturated rings. The van der Waals surface area contributed by atoms with Crippen molar-refractivity contribution in [3.63, 3.8) is 0 Å². The zero-order valence-corrected chi connectivity index (χ0v) is 9.26. The fourth-order valence-corrected chi connectivity index (χ4v) is 1.70. The Hall–Kier alpha value is 0.220. The van der Waals surface area contributed by atoms with Crippen molar-refractivity contribution >= 4 is 29.6 Å². The molecule has 1 heteroatoms. The number of hydrogen-bond donors (Lipinski definition) is 0. The Morgan fingerprint density at radius 3 is 2.20 bits per heavy atom. The van der Waals surface area contributed by atoms with E-state index in [1.165, 1.54) is 50.5 Å². The van der Waals surface area contributed by atoms with Gasteiger partial charge in [-0.05, 0) is 24.5 Å². The summed E-state index contributed by atoms with van der Waals surface area (Å²) >= 11 is 0. The van der Waals surface area contributed by atoms with Crippen LogP contribution in [0.4, 0.5) is 0 Å². The number of aryl methyl sites for hydroxylation is 1. The van der Waals surface area contributed by atoms with Crippen LogP contribution in [0.25, 0.3) is 0 Å². The van der Waals surface area contributed by atoms with Gasteiger partial charge >= 0.3 is 29.6 Å². The van der Waals surface area contributed by atoms with Crippen LogP contribution in [0.1, 0.15) is 51.0 Å². The Labute approximate surface area is 117 Å². The van der Waals surface area contributed by atoms with Crippen LogP contribution in [0.15, 0.2) is 24.3 Å². The molecule has 0 saturated carbocycles. The first kappa shape index (κ1) is 15.2. The Bertz CT molecular complexity index is 218. The van der Waals surface area contributed by atoms with Crippen LogP contribution in [0.2, 0.25) is 0 Å². The van der Waals surface area contributed by atoms with Gasteiger partial charge in [0.05, 0.1) is 0 Å². The molecule has 79 valence electrons. The number of hydrogen-bond acceptors (Lipinski definition) is 0. The standard InChI is InChI=1S/C14H21.Na.H/c1-2-3-4-5-6-8-11-14-12-9-7-10-13-14;;/h9-10,12-13H,2-6,8,11H2,1H3;;. The molecule has 0 aliphatic heterocycles. The van der Waals surface area contributed by atoms with Crippen LogP contribution >= 0.6 is 0 Å². The van der Waals surface area contributed by atoms with Gasteiger partial charge in [-0.1, -0.05) is 63.3 Å². The Morgan fingerprint density at radius 1 is 0.933 bits per heavy atom. The fraction of sp³-hybridized carbons (Fsp3) is 0.571. The first-order chi connectivity index (χ1) is 6.93. The topological polar surface area (TPSA) is 0 Å². The molecule has 0 atom stereocenters. The molecule has 15 heavy (non-hydrogen) atoms. The second-order valence-electron chi connectivity index (χ2n) is 3.93. The minimum absolute atomic E-state index is 0. The van der Waals surface area contributed by atoms with Crippen molar-refractivity contribution in [2.45, 2.75) is 51.9 Å². The van der Waals surface area contributed by atoms with E-state index in [1.807, 2.05) is 12.1 Å². The average Bonchev–Trinajstić information content (AvgIpc) is 2.25. The van der Waals surface area contributed by atoms with Crippen LogP contribution in [-0.4, -0.2) is 29.6 Å². The third kappa shape index (κ3) is 8.07. The number of benzene rings is 1. The molecule has 0 amide bonds. The molecule has 0 aromatic heterocycles. The van der Waals surface area contributed by atoms with E-state index in [-0.39, 0.29) is 29.6 Å². The van der Waals surface area contributed by atoms with E-state index in [1.54, 1.807) is 0 Å². The monoisotopic (exact) mass is 213 g/mol. The minimum atomic E-state index is 0. The van der Waals surface area contributed by atoms with E-state index < -0.39 is 0 Å². The normalized spacial score (nSPS) is 9.67. The van der Waals surface area contributed by atoms with Crippen molar-refractivity contribution in [2.75, 3.05) is 0 Å². The summed E-state index contributed by atoms with van der Waals surface area (Å²) in [5.41, 5.74) is 1.46. The van der Waals surface area contributed by atoms with Crippen LogP contribution in [0.3, 0.4) is 0 Å². The summed E-state index contributed by atoms with van der Waals surface area (Å²) in [5, 5.41) is 0. The molecule has 1 aromatic rings. The van der Waals surface area contributed by atoms with E-state index in [0.29, 0.717) is 0 Å². The van der Waals surface area contributed by atoms with Crippen LogP contribution < -0.4 is 0 Å². The first-order valence-electron chi connectivity index (χ1n) is 5.88. The van der Waals surface area contributed by atoms with E-state index in [2.05, 4.69) is 25.1 Å². The van der Waals surface area contributed by atoms with Gasteiger partial charge in [0, 0.05) is 0 Å². The van der Waals surface area contributed by atoms with Gasteiger partial charge in [-0.3, -0.25) is 0 Å². The predicted octanol–water partition coefficient (Wildman–Crippen LogP) is 3.74. The van der Waals surface area contributed by atoms with Crippen LogP contribution in [0.5, 0.6) is 0 Å². The molecule has 1 rings (SSSR count). The molecule has 0 aliphatic carbocycles. The van der Waals surface area contributed by atoms with Gasteiger partial charge in [-0.2, -0.15) is 0 Å². The van der Waals surface area contributed by atoms with Crippen molar-refractivity contribution in [3.05, 3.63) is 35.9 Å². The fourth-order valence-electron chi connectivity index (χ4n) is 1.70. The molecule has 1 radical (unpaired) electrons. The van der Waals surface area contributed by atoms with E-state index in [0.717, 1.165) is 0 Å². The van der Waals surface area contributed by atoms with Crippen molar-refractivity contribution in [3.8, 4) is 0 Å². The number of unbranched alkanes of at least 4 members (excludes halogenated alkanes) is 5. The van der Waals surface area contributed by atoms with E-state index in [4.69, 9.17) is 0 Å². The van der Waals surface area contributed by atoms with E-state index >= 15 is 0 Å². The zero-order chi connectivity index (χ0) is 10.1. The summed E-state index contributed by atoms with van der Waals surface area (Å²) in [7, 11) is 0. The molecule has 0 unspecified atom stereocenters. The SMILES string of the molecule is CCCCCCCCc1cc[c]cc1.[NaH]. The Kier molecular flexibility index (Phi) is 10.9. The Morgan fingerprint density at radius 2 is 1.53 bits per heavy atom. The summed E-state index contributed by atoms with van der Waals surface area (Å²) in [5.74, 6) is 0. The summed E-state index contributed by atoms with van der Waals surface area (Å²) < 4.78 is 0. The maximum absolute atomic E-state index is 3.05. The Balaban J connectivity index is 0.00000196. The molecule has 1 aromatic carbocycles. The molecule has 0 bridgehead atoms. The van der Waals surface area contributed by atoms with Gasteiger partial charge in [0.15, 0.2) is 0 Å². The second-order valence-corrected chi connectivity index (χ2v) is 3.93. The van der Waals surface area contributed by atoms with Crippen LogP contribution in [0, 0.1) is 6.07 Å². The van der Waals surface area contributed by atoms with Gasteiger partial charge in [0.25, 0.3) is 0 Å². The third-order valence-corrected chi connectivity index (χ3v) is 2.61. The van der Waals surface area contributed by atoms with Gasteiger partial charge in [-0.15, -0.1) is 0 Å². The molecular weight excluding hydrogens is 191 g/mol. The molecule has 0 aliphatic rings. The summed E-state index contributed by atoms with van der Waals surface area (Å²) in [4.78, 5) is 0. The third-order valence-electron chi connectivity index (χ3n) is 2.61. The van der Waals surface area contributed by atoms with Crippen LogP contribution in [-0.2, 0) is 6.42 Å². The average molecular weight is 213 g/mol. The second kappa shape index (κ2) is 10.7. The molecule has 0 N–H and O–H groups in total. The summed E-state index contributed by atoms with van der Waals surface area (Å²) in [6.45, 7) is 2.26. The zero-order valence-electron chi connectivity index (χ0n) is 9.26. The van der Waals surface area contributed by atoms with Gasteiger partial charge in [-0.25, -0.2) is 0 Å². The van der Waals surface area contributed by atoms with Gasteiger partial charge in [0.2, 0.25) is 0 Å². The van der Waals surface area contributed by atoms with Gasteiger partial charge in [0.1, 0.15) is 0 Å². The number of rotatable bonds is 7. The van der Waals surface area contributed by atoms with Crippen molar-refractivity contribution in [1.82, 2.24) is 0 Å². The maximum atomic E-state index is 3.05. The first-order valence-corrected chi connectivity index (χ1v) is 5.88. The predicted molar refractivity (Wildman–Crippen MR) is 69.5 cm³/mol. The van der Waals surface area contributed by atoms with Crippen molar-refractivity contribution < 1.29 is 0 Å². The molecule has 0 nitrogen and oxygen atoms in total. The molecule has 0 heterocycles. The quantitative estimate of drug-likeness (QED) is 0.478. The van der Waals surface area contributed by atoms with Crippen molar-refractivity contribution in [1.29, 1.82) is 0 Å². The van der Waals surface area contributed by atoms with E-state index in [9.17, 15) is 0 Å². The molecule has 0 saturated heterocycles.